The summed E-state index contributed by atoms with van der Waals surface area (Å²) in [6.45, 7) is -0.0999. The molecule has 2 aromatic rings. The Bertz CT molecular complexity index is 378. The first-order valence-electron chi connectivity index (χ1n) is 3.96. The number of aromatic nitrogens is 3. The lowest BCUT2D eigenvalue weighted by molar-refractivity contribution is 0.266. The van der Waals surface area contributed by atoms with Gasteiger partial charge in [-0.2, -0.15) is 0 Å². The molecule has 0 amide bonds. The number of nitrogens with zero attached hydrogens (tertiary/aromatic N) is 3. The standard InChI is InChI=1S/C8H10N4O/c9-6(5-13)7-4-12-2-1-10-3-8(12)11-7/h1-4,6,13H,5,9H2. The van der Waals surface area contributed by atoms with E-state index in [9.17, 15) is 0 Å². The molecule has 0 bridgehead atoms. The van der Waals surface area contributed by atoms with E-state index in [0.29, 0.717) is 5.69 Å². The summed E-state index contributed by atoms with van der Waals surface area (Å²) in [7, 11) is 0. The Balaban J connectivity index is 2.49. The smallest absolute Gasteiger partial charge is 0.155 e. The minimum absolute atomic E-state index is 0.0999. The Hall–Kier alpha value is -1.46. The first-order chi connectivity index (χ1) is 6.31. The zero-order chi connectivity index (χ0) is 9.26. The third-order valence-corrected chi connectivity index (χ3v) is 1.86. The third kappa shape index (κ3) is 1.39. The lowest BCUT2D eigenvalue weighted by Crippen LogP contribution is -2.14. The van der Waals surface area contributed by atoms with Crippen molar-refractivity contribution >= 4 is 5.65 Å². The summed E-state index contributed by atoms with van der Waals surface area (Å²) in [6.07, 6.45) is 6.89. The number of aliphatic hydroxyl groups is 1. The summed E-state index contributed by atoms with van der Waals surface area (Å²) in [6, 6.07) is -0.417. The predicted molar refractivity (Wildman–Crippen MR) is 47.0 cm³/mol. The van der Waals surface area contributed by atoms with E-state index >= 15 is 0 Å². The molecular weight excluding hydrogens is 168 g/mol. The lowest BCUT2D eigenvalue weighted by Gasteiger charge is -2.00. The highest BCUT2D eigenvalue weighted by molar-refractivity contribution is 5.37. The van der Waals surface area contributed by atoms with E-state index in [1.54, 1.807) is 24.8 Å². The summed E-state index contributed by atoms with van der Waals surface area (Å²) in [4.78, 5) is 8.12. The zero-order valence-corrected chi connectivity index (χ0v) is 6.96. The molecule has 0 aliphatic heterocycles. The summed E-state index contributed by atoms with van der Waals surface area (Å²) in [5.74, 6) is 0. The van der Waals surface area contributed by atoms with Crippen LogP contribution in [0, 0.1) is 0 Å². The fourth-order valence-electron chi connectivity index (χ4n) is 1.13. The van der Waals surface area contributed by atoms with E-state index in [2.05, 4.69) is 9.97 Å². The number of fused-ring (bicyclic) bond motifs is 1. The first kappa shape index (κ1) is 8.15. The van der Waals surface area contributed by atoms with E-state index < -0.39 is 6.04 Å². The summed E-state index contributed by atoms with van der Waals surface area (Å²) in [5.41, 5.74) is 7.03. The number of rotatable bonds is 2. The average Bonchev–Trinajstić information content (AvgIpc) is 2.59. The van der Waals surface area contributed by atoms with Gasteiger partial charge in [-0.05, 0) is 0 Å². The van der Waals surface area contributed by atoms with Crippen LogP contribution in [0.4, 0.5) is 0 Å². The molecule has 0 aromatic carbocycles. The van der Waals surface area contributed by atoms with Crippen LogP contribution >= 0.6 is 0 Å². The number of aliphatic hydroxyl groups excluding tert-OH is 1. The highest BCUT2D eigenvalue weighted by atomic mass is 16.3. The van der Waals surface area contributed by atoms with E-state index in [0.717, 1.165) is 5.65 Å². The molecule has 1 unspecified atom stereocenters. The van der Waals surface area contributed by atoms with Gasteiger partial charge in [0.05, 0.1) is 24.5 Å². The Morgan fingerprint density at radius 2 is 2.46 bits per heavy atom. The molecule has 1 atom stereocenters. The highest BCUT2D eigenvalue weighted by Crippen LogP contribution is 2.09. The number of hydrogen-bond acceptors (Lipinski definition) is 4. The van der Waals surface area contributed by atoms with Crippen LogP contribution in [0.15, 0.2) is 24.8 Å². The van der Waals surface area contributed by atoms with Crippen molar-refractivity contribution < 1.29 is 5.11 Å². The van der Waals surface area contributed by atoms with Crippen LogP contribution in [0.25, 0.3) is 5.65 Å². The predicted octanol–water partition coefficient (Wildman–Crippen LogP) is -0.279. The number of nitrogens with two attached hydrogens (primary N) is 1. The van der Waals surface area contributed by atoms with Gasteiger partial charge in [-0.3, -0.25) is 4.98 Å². The maximum atomic E-state index is 8.82. The quantitative estimate of drug-likeness (QED) is 0.663. The van der Waals surface area contributed by atoms with Gasteiger partial charge in [0.1, 0.15) is 0 Å². The molecule has 0 aliphatic rings. The minimum atomic E-state index is -0.417. The van der Waals surface area contributed by atoms with Crippen LogP contribution < -0.4 is 5.73 Å². The van der Waals surface area contributed by atoms with Crippen molar-refractivity contribution in [2.45, 2.75) is 6.04 Å². The molecule has 2 aromatic heterocycles. The first-order valence-corrected chi connectivity index (χ1v) is 3.96. The number of imidazole rings is 1. The van der Waals surface area contributed by atoms with Crippen molar-refractivity contribution in [1.29, 1.82) is 0 Å². The molecule has 0 saturated heterocycles. The Labute approximate surface area is 74.9 Å². The molecule has 5 heteroatoms. The van der Waals surface area contributed by atoms with Gasteiger partial charge in [0.2, 0.25) is 0 Å². The van der Waals surface area contributed by atoms with Crippen LogP contribution in [-0.2, 0) is 0 Å². The topological polar surface area (TPSA) is 76.4 Å². The summed E-state index contributed by atoms with van der Waals surface area (Å²) < 4.78 is 1.82. The van der Waals surface area contributed by atoms with Gasteiger partial charge < -0.3 is 15.2 Å². The van der Waals surface area contributed by atoms with E-state index in [-0.39, 0.29) is 6.61 Å². The van der Waals surface area contributed by atoms with Crippen molar-refractivity contribution in [1.82, 2.24) is 14.4 Å². The highest BCUT2D eigenvalue weighted by Gasteiger charge is 2.08. The van der Waals surface area contributed by atoms with E-state index in [4.69, 9.17) is 10.8 Å². The molecule has 0 aliphatic carbocycles. The molecule has 0 spiro atoms. The average molecular weight is 178 g/mol. The van der Waals surface area contributed by atoms with E-state index in [1.165, 1.54) is 0 Å². The van der Waals surface area contributed by atoms with Gasteiger partial charge >= 0.3 is 0 Å². The van der Waals surface area contributed by atoms with Crippen molar-refractivity contribution in [2.75, 3.05) is 6.61 Å². The largest absolute Gasteiger partial charge is 0.394 e. The SMILES string of the molecule is NC(CO)c1cn2ccncc2n1. The summed E-state index contributed by atoms with van der Waals surface area (Å²) >= 11 is 0. The molecule has 0 fully saturated rings. The van der Waals surface area contributed by atoms with Gasteiger partial charge in [-0.1, -0.05) is 0 Å². The third-order valence-electron chi connectivity index (χ3n) is 1.86. The molecule has 2 rings (SSSR count). The second-order valence-corrected chi connectivity index (χ2v) is 2.80. The van der Waals surface area contributed by atoms with Crippen molar-refractivity contribution in [2.24, 2.45) is 5.73 Å². The molecule has 0 saturated carbocycles. The lowest BCUT2D eigenvalue weighted by atomic mass is 10.2. The Morgan fingerprint density at radius 3 is 3.15 bits per heavy atom. The van der Waals surface area contributed by atoms with E-state index in [1.807, 2.05) is 4.40 Å². The maximum Gasteiger partial charge on any atom is 0.155 e. The maximum absolute atomic E-state index is 8.82. The van der Waals surface area contributed by atoms with Crippen LogP contribution in [0.5, 0.6) is 0 Å². The molecule has 2 heterocycles. The van der Waals surface area contributed by atoms with Crippen LogP contribution in [-0.4, -0.2) is 26.1 Å². The molecular formula is C8H10N4O. The molecule has 5 nitrogen and oxygen atoms in total. The molecule has 0 radical (unpaired) electrons. The zero-order valence-electron chi connectivity index (χ0n) is 6.96. The van der Waals surface area contributed by atoms with Crippen LogP contribution in [0.1, 0.15) is 11.7 Å². The van der Waals surface area contributed by atoms with Gasteiger partial charge in [-0.25, -0.2) is 4.98 Å². The summed E-state index contributed by atoms with van der Waals surface area (Å²) in [5, 5.41) is 8.82. The fraction of sp³-hybridized carbons (Fsp3) is 0.250. The van der Waals surface area contributed by atoms with Crippen LogP contribution in [0.3, 0.4) is 0 Å². The van der Waals surface area contributed by atoms with Gasteiger partial charge in [0.15, 0.2) is 5.65 Å². The molecule has 3 N–H and O–H groups in total. The molecule has 68 valence electrons. The van der Waals surface area contributed by atoms with Gasteiger partial charge in [-0.15, -0.1) is 0 Å². The normalized spacial score (nSPS) is 13.4. The van der Waals surface area contributed by atoms with Crippen LogP contribution in [0.2, 0.25) is 0 Å². The van der Waals surface area contributed by atoms with Crippen molar-refractivity contribution in [3.05, 3.63) is 30.5 Å². The molecule has 13 heavy (non-hydrogen) atoms. The van der Waals surface area contributed by atoms with Gasteiger partial charge in [0, 0.05) is 18.6 Å². The monoisotopic (exact) mass is 178 g/mol. The van der Waals surface area contributed by atoms with Crippen molar-refractivity contribution in [3.63, 3.8) is 0 Å². The number of hydrogen-bond donors (Lipinski definition) is 2. The Morgan fingerprint density at radius 1 is 1.62 bits per heavy atom. The second kappa shape index (κ2) is 3.12. The second-order valence-electron chi connectivity index (χ2n) is 2.80. The fourth-order valence-corrected chi connectivity index (χ4v) is 1.13. The Kier molecular flexibility index (Phi) is 1.96. The van der Waals surface area contributed by atoms with Gasteiger partial charge in [0.25, 0.3) is 0 Å². The van der Waals surface area contributed by atoms with Crippen molar-refractivity contribution in [3.8, 4) is 0 Å². The minimum Gasteiger partial charge on any atom is -0.394 e.